The molecule has 0 aromatic heterocycles. The zero-order valence-electron chi connectivity index (χ0n) is 19.3. The molecule has 0 radical (unpaired) electrons. The minimum atomic E-state index is -0.429. The molecule has 2 rings (SSSR count). The van der Waals surface area contributed by atoms with Crippen LogP contribution in [0.5, 0.6) is 0 Å². The fourth-order valence-electron chi connectivity index (χ4n) is 2.17. The first-order valence-electron chi connectivity index (χ1n) is 9.19. The van der Waals surface area contributed by atoms with Gasteiger partial charge in [0.15, 0.2) is 5.34 Å². The molecule has 4 nitrogen and oxygen atoms in total. The Morgan fingerprint density at radius 2 is 1.26 bits per heavy atom. The van der Waals surface area contributed by atoms with Crippen molar-refractivity contribution in [2.75, 3.05) is 5.73 Å². The molecule has 0 unspecified atom stereocenters. The Morgan fingerprint density at radius 1 is 0.871 bits per heavy atom. The van der Waals surface area contributed by atoms with E-state index in [9.17, 15) is 13.7 Å². The number of nitrogens with two attached hydrogens (primary N) is 1. The first-order chi connectivity index (χ1) is 14.1. The second-order valence-corrected chi connectivity index (χ2v) is 8.65. The van der Waals surface area contributed by atoms with Crippen LogP contribution in [0.1, 0.15) is 54.2 Å². The van der Waals surface area contributed by atoms with Crippen LogP contribution < -0.4 is 5.73 Å². The van der Waals surface area contributed by atoms with Crippen molar-refractivity contribution in [2.24, 2.45) is 5.34 Å². The average molecular weight is 617 g/mol. The topological polar surface area (TPSA) is 64.7 Å². The molecule has 180 valence electrons. The van der Waals surface area contributed by atoms with Gasteiger partial charge >= 0.3 is 28.3 Å². The van der Waals surface area contributed by atoms with E-state index in [1.54, 1.807) is 40.7 Å². The molecular formula is C22H31Br2CuF2N2O2. The van der Waals surface area contributed by atoms with Gasteiger partial charge in [0.05, 0.1) is 0 Å². The molecule has 0 atom stereocenters. The summed E-state index contributed by atoms with van der Waals surface area (Å²) in [5.41, 5.74) is 10.9. The van der Waals surface area contributed by atoms with E-state index in [-0.39, 0.29) is 11.6 Å². The number of aryl methyl sites for hydroxylation is 2. The number of anilines is 1. The van der Waals surface area contributed by atoms with Gasteiger partial charge in [-0.05, 0) is 108 Å². The van der Waals surface area contributed by atoms with Crippen molar-refractivity contribution in [1.29, 1.82) is 0 Å². The fourth-order valence-corrected chi connectivity index (χ4v) is 2.58. The van der Waals surface area contributed by atoms with Crippen LogP contribution in [0.25, 0.3) is 0 Å². The second kappa shape index (κ2) is 14.9. The van der Waals surface area contributed by atoms with Crippen molar-refractivity contribution >= 4 is 35.7 Å². The van der Waals surface area contributed by atoms with Crippen LogP contribution in [0.2, 0.25) is 0 Å². The van der Waals surface area contributed by atoms with Crippen molar-refractivity contribution in [1.82, 2.24) is 0 Å². The number of nitrogen functional groups attached to an aromatic ring is 1. The number of halogens is 4. The molecule has 0 aliphatic rings. The maximum absolute atomic E-state index is 13.0. The third-order valence-electron chi connectivity index (χ3n) is 4.34. The summed E-state index contributed by atoms with van der Waals surface area (Å²) >= 11 is 9.90. The van der Waals surface area contributed by atoms with Crippen molar-refractivity contribution in [3.63, 3.8) is 0 Å². The van der Waals surface area contributed by atoms with Gasteiger partial charge in [-0.2, -0.15) is 0 Å². The molecule has 2 N–H and O–H groups in total. The quantitative estimate of drug-likeness (QED) is 0.152. The summed E-state index contributed by atoms with van der Waals surface area (Å²) in [6, 6.07) is 3.02. The van der Waals surface area contributed by atoms with E-state index >= 15 is 0 Å². The van der Waals surface area contributed by atoms with E-state index in [4.69, 9.17) is 5.73 Å². The molecule has 2 aromatic carbocycles. The van der Waals surface area contributed by atoms with Crippen LogP contribution in [0, 0.1) is 58.1 Å². The summed E-state index contributed by atoms with van der Waals surface area (Å²) < 4.78 is 27.0. The van der Waals surface area contributed by atoms with Crippen molar-refractivity contribution < 1.29 is 27.8 Å². The van der Waals surface area contributed by atoms with Gasteiger partial charge in [-0.3, -0.25) is 0 Å². The van der Waals surface area contributed by atoms with Crippen LogP contribution in [-0.2, 0) is 19.0 Å². The van der Waals surface area contributed by atoms with Gasteiger partial charge in [0, 0.05) is 10.2 Å². The molecule has 0 bridgehead atoms. The molecule has 0 spiro atoms. The van der Waals surface area contributed by atoms with Gasteiger partial charge in [-0.1, -0.05) is 15.9 Å². The van der Waals surface area contributed by atoms with Gasteiger partial charge < -0.3 is 10.6 Å². The normalized spacial score (nSPS) is 9.90. The molecule has 31 heavy (non-hydrogen) atoms. The van der Waals surface area contributed by atoms with Gasteiger partial charge in [0.1, 0.15) is 17.2 Å². The molecular weight excluding hydrogens is 586 g/mol. The Hall–Kier alpha value is -1.02. The third-order valence-corrected chi connectivity index (χ3v) is 5.56. The number of hydrogen-bond acceptors (Lipinski definition) is 4. The summed E-state index contributed by atoms with van der Waals surface area (Å²) in [6.07, 6.45) is 0. The van der Waals surface area contributed by atoms with E-state index < -0.39 is 5.60 Å². The number of rotatable bonds is 1. The van der Waals surface area contributed by atoms with Crippen molar-refractivity contribution in [3.8, 4) is 0 Å². The van der Waals surface area contributed by atoms with E-state index in [0.717, 1.165) is 32.3 Å². The fraction of sp³-hybridized carbons (Fsp3) is 0.455. The van der Waals surface area contributed by atoms with Crippen LogP contribution in [0.15, 0.2) is 21.9 Å². The molecule has 0 saturated carbocycles. The number of hydrogen-bond donors (Lipinski definition) is 1. The summed E-state index contributed by atoms with van der Waals surface area (Å²) in [4.78, 5) is 13.6. The molecule has 0 heterocycles. The standard InChI is InChI=1S/C9H10BrF.C9H12FN.C4H9NO2.BrH.Cu/c1-5-4-8(11)6(2)7(3)9(5)10;1-5-4-8(10)6(2)7(3)9(5)11;1-4(2,3)7-5-6;;/h4H,1-3H3;4H,11H2,1-3H3;1-3H3;1H;/q;;;;+1/p-1. The van der Waals surface area contributed by atoms with Gasteiger partial charge in [0.2, 0.25) is 0 Å². The molecule has 9 heteroatoms. The third kappa shape index (κ3) is 11.4. The number of benzene rings is 2. The zero-order valence-corrected chi connectivity index (χ0v) is 23.4. The summed E-state index contributed by atoms with van der Waals surface area (Å²) in [5, 5.41) is 2.26. The molecule has 0 aliphatic carbocycles. The molecule has 0 saturated heterocycles. The monoisotopic (exact) mass is 614 g/mol. The Balaban J connectivity index is 0. The molecule has 0 fully saturated rings. The maximum atomic E-state index is 13.0. The van der Waals surface area contributed by atoms with Gasteiger partial charge in [0.25, 0.3) is 0 Å². The summed E-state index contributed by atoms with van der Waals surface area (Å²) in [5.74, 6) is -0.294. The van der Waals surface area contributed by atoms with Crippen LogP contribution in [0.3, 0.4) is 0 Å². The predicted octanol–water partition coefficient (Wildman–Crippen LogP) is 8.17. The second-order valence-electron chi connectivity index (χ2n) is 7.86. The number of nitrogens with zero attached hydrogens (tertiary/aromatic N) is 1. The minimum absolute atomic E-state index is 0.122. The Morgan fingerprint density at radius 3 is 1.61 bits per heavy atom. The van der Waals surface area contributed by atoms with Crippen LogP contribution in [0.4, 0.5) is 14.5 Å². The van der Waals surface area contributed by atoms with Gasteiger partial charge in [-0.25, -0.2) is 8.78 Å². The van der Waals surface area contributed by atoms with E-state index in [0.29, 0.717) is 11.3 Å². The molecule has 0 aliphatic heterocycles. The molecule has 2 aromatic rings. The Labute approximate surface area is 208 Å². The average Bonchev–Trinajstić information content (AvgIpc) is 2.69. The summed E-state index contributed by atoms with van der Waals surface area (Å²) in [7, 11) is 0. The zero-order chi connectivity index (χ0) is 25.1. The first-order valence-corrected chi connectivity index (χ1v) is 12.3. The predicted molar refractivity (Wildman–Crippen MR) is 129 cm³/mol. The Kier molecular flexibility index (Phi) is 15.5. The van der Waals surface area contributed by atoms with Gasteiger partial charge in [-0.15, -0.1) is 4.91 Å². The molecule has 0 amide bonds. The van der Waals surface area contributed by atoms with Crippen LogP contribution in [-0.4, -0.2) is 5.60 Å². The van der Waals surface area contributed by atoms with Crippen molar-refractivity contribution in [2.45, 2.75) is 67.9 Å². The SMILES string of the molecule is CC(C)(C)ON=O.Cc1cc(F)c(C)c(C)c1Br.Cc1cc(F)c(C)c(C)c1N.[Cu][Br]. The van der Waals surface area contributed by atoms with E-state index in [1.807, 2.05) is 27.7 Å². The van der Waals surface area contributed by atoms with E-state index in [2.05, 4.69) is 54.4 Å². The van der Waals surface area contributed by atoms with Crippen molar-refractivity contribution in [3.05, 3.63) is 66.5 Å². The first kappa shape index (κ1) is 32.2. The van der Waals surface area contributed by atoms with E-state index in [1.165, 1.54) is 6.07 Å². The summed E-state index contributed by atoms with van der Waals surface area (Å²) in [6.45, 7) is 16.2. The Bertz CT molecular complexity index is 760. The van der Waals surface area contributed by atoms with Crippen LogP contribution >= 0.6 is 30.0 Å².